The van der Waals surface area contributed by atoms with Gasteiger partial charge in [0, 0.05) is 39.0 Å². The number of nitrogens with one attached hydrogen (secondary N) is 1. The Labute approximate surface area is 85.0 Å². The molecule has 14 heavy (non-hydrogen) atoms. The molecule has 0 aliphatic carbocycles. The highest BCUT2D eigenvalue weighted by molar-refractivity contribution is 4.91. The Morgan fingerprint density at radius 3 is 2.79 bits per heavy atom. The van der Waals surface area contributed by atoms with Gasteiger partial charge >= 0.3 is 0 Å². The third-order valence-electron chi connectivity index (χ3n) is 2.00. The zero-order chi connectivity index (χ0) is 10.6. The predicted octanol–water partition coefficient (Wildman–Crippen LogP) is 0.323. The van der Waals surface area contributed by atoms with Crippen LogP contribution in [0, 0.1) is 0 Å². The topological polar surface area (TPSA) is 50.1 Å². The third-order valence-corrected chi connectivity index (χ3v) is 2.00. The zero-order valence-corrected chi connectivity index (χ0v) is 9.12. The van der Waals surface area contributed by atoms with Crippen LogP contribution in [0.2, 0.25) is 0 Å². The number of hydrogen-bond donors (Lipinski definition) is 2. The fourth-order valence-corrected chi connectivity index (χ4v) is 1.23. The second kappa shape index (κ2) is 4.57. The van der Waals surface area contributed by atoms with E-state index in [0.29, 0.717) is 6.54 Å². The smallest absolute Gasteiger partial charge is 0.109 e. The summed E-state index contributed by atoms with van der Waals surface area (Å²) in [6.45, 7) is 5.04. The summed E-state index contributed by atoms with van der Waals surface area (Å²) in [7, 11) is 1.98. The third kappa shape index (κ3) is 3.89. The molecule has 1 rings (SSSR count). The summed E-state index contributed by atoms with van der Waals surface area (Å²) < 4.78 is 2.01. The fourth-order valence-electron chi connectivity index (χ4n) is 1.23. The summed E-state index contributed by atoms with van der Waals surface area (Å²) in [5.74, 6) is 1.06. The number of imidazole rings is 1. The van der Waals surface area contributed by atoms with Crippen molar-refractivity contribution in [3.63, 3.8) is 0 Å². The number of aliphatic hydroxyl groups is 1. The van der Waals surface area contributed by atoms with Gasteiger partial charge in [0.25, 0.3) is 0 Å². The van der Waals surface area contributed by atoms with Crippen molar-refractivity contribution in [2.24, 2.45) is 7.05 Å². The highest BCUT2D eigenvalue weighted by Crippen LogP contribution is 1.98. The molecule has 4 nitrogen and oxygen atoms in total. The zero-order valence-electron chi connectivity index (χ0n) is 9.12. The Balaban J connectivity index is 2.20. The van der Waals surface area contributed by atoms with Gasteiger partial charge in [-0.1, -0.05) is 0 Å². The molecule has 1 aromatic heterocycles. The molecular weight excluding hydrogens is 178 g/mol. The van der Waals surface area contributed by atoms with Gasteiger partial charge < -0.3 is 15.0 Å². The summed E-state index contributed by atoms with van der Waals surface area (Å²) in [4.78, 5) is 4.21. The number of hydrogen-bond acceptors (Lipinski definition) is 3. The SMILES string of the molecule is Cn1ccnc1CCNCC(C)(C)O. The molecule has 4 heteroatoms. The van der Waals surface area contributed by atoms with Gasteiger partial charge in [-0.05, 0) is 13.8 Å². The Morgan fingerprint density at radius 1 is 1.57 bits per heavy atom. The Bertz CT molecular complexity index is 275. The van der Waals surface area contributed by atoms with Gasteiger partial charge in [-0.15, -0.1) is 0 Å². The van der Waals surface area contributed by atoms with E-state index in [1.165, 1.54) is 0 Å². The molecule has 0 aliphatic rings. The second-order valence-corrected chi connectivity index (χ2v) is 4.19. The minimum Gasteiger partial charge on any atom is -0.389 e. The average molecular weight is 197 g/mol. The quantitative estimate of drug-likeness (QED) is 0.669. The first-order valence-corrected chi connectivity index (χ1v) is 4.88. The maximum Gasteiger partial charge on any atom is 0.109 e. The fraction of sp³-hybridized carbons (Fsp3) is 0.700. The maximum atomic E-state index is 9.45. The summed E-state index contributed by atoms with van der Waals surface area (Å²) in [5.41, 5.74) is -0.637. The standard InChI is InChI=1S/C10H19N3O/c1-10(2,14)8-11-5-4-9-12-6-7-13(9)3/h6-7,11,14H,4-5,8H2,1-3H3. The minimum absolute atomic E-state index is 0.609. The van der Waals surface area contributed by atoms with Crippen LogP contribution < -0.4 is 5.32 Å². The van der Waals surface area contributed by atoms with Crippen molar-refractivity contribution in [3.05, 3.63) is 18.2 Å². The van der Waals surface area contributed by atoms with Crippen molar-refractivity contribution in [2.75, 3.05) is 13.1 Å². The summed E-state index contributed by atoms with van der Waals surface area (Å²) in [6, 6.07) is 0. The van der Waals surface area contributed by atoms with E-state index in [0.717, 1.165) is 18.8 Å². The van der Waals surface area contributed by atoms with E-state index in [-0.39, 0.29) is 0 Å². The number of rotatable bonds is 5. The Hall–Kier alpha value is -0.870. The van der Waals surface area contributed by atoms with Crippen molar-refractivity contribution in [1.29, 1.82) is 0 Å². The first kappa shape index (κ1) is 11.2. The van der Waals surface area contributed by atoms with Crippen LogP contribution >= 0.6 is 0 Å². The van der Waals surface area contributed by atoms with Crippen LogP contribution in [0.25, 0.3) is 0 Å². The van der Waals surface area contributed by atoms with Crippen LogP contribution in [0.4, 0.5) is 0 Å². The normalized spacial score (nSPS) is 12.0. The molecule has 0 unspecified atom stereocenters. The number of nitrogens with zero attached hydrogens (tertiary/aromatic N) is 2. The minimum atomic E-state index is -0.637. The predicted molar refractivity (Wildman–Crippen MR) is 56.1 cm³/mol. The van der Waals surface area contributed by atoms with Crippen LogP contribution in [0.1, 0.15) is 19.7 Å². The van der Waals surface area contributed by atoms with E-state index < -0.39 is 5.60 Å². The van der Waals surface area contributed by atoms with Gasteiger partial charge in [0.15, 0.2) is 0 Å². The molecule has 0 atom stereocenters. The number of aryl methyl sites for hydroxylation is 1. The lowest BCUT2D eigenvalue weighted by Gasteiger charge is -2.17. The van der Waals surface area contributed by atoms with Gasteiger partial charge in [-0.2, -0.15) is 0 Å². The van der Waals surface area contributed by atoms with Crippen molar-refractivity contribution in [2.45, 2.75) is 25.9 Å². The lowest BCUT2D eigenvalue weighted by molar-refractivity contribution is 0.0801. The van der Waals surface area contributed by atoms with Crippen LogP contribution in [-0.2, 0) is 13.5 Å². The van der Waals surface area contributed by atoms with Crippen molar-refractivity contribution >= 4 is 0 Å². The molecule has 0 saturated carbocycles. The van der Waals surface area contributed by atoms with Crippen molar-refractivity contribution in [3.8, 4) is 0 Å². The lowest BCUT2D eigenvalue weighted by atomic mass is 10.1. The van der Waals surface area contributed by atoms with Gasteiger partial charge in [-0.3, -0.25) is 0 Å². The molecule has 80 valence electrons. The van der Waals surface area contributed by atoms with E-state index in [1.54, 1.807) is 20.0 Å². The summed E-state index contributed by atoms with van der Waals surface area (Å²) >= 11 is 0. The van der Waals surface area contributed by atoms with E-state index in [9.17, 15) is 5.11 Å². The first-order chi connectivity index (χ1) is 6.49. The van der Waals surface area contributed by atoms with Crippen LogP contribution in [0.15, 0.2) is 12.4 Å². The van der Waals surface area contributed by atoms with E-state index in [2.05, 4.69) is 10.3 Å². The lowest BCUT2D eigenvalue weighted by Crippen LogP contribution is -2.35. The summed E-state index contributed by atoms with van der Waals surface area (Å²) in [5, 5.41) is 12.6. The average Bonchev–Trinajstić information content (AvgIpc) is 2.44. The van der Waals surface area contributed by atoms with E-state index in [1.807, 2.05) is 17.8 Å². The molecule has 0 aliphatic heterocycles. The van der Waals surface area contributed by atoms with E-state index >= 15 is 0 Å². The van der Waals surface area contributed by atoms with Gasteiger partial charge in [0.05, 0.1) is 5.60 Å². The molecule has 0 bridgehead atoms. The highest BCUT2D eigenvalue weighted by Gasteiger charge is 2.10. The largest absolute Gasteiger partial charge is 0.389 e. The molecule has 0 spiro atoms. The van der Waals surface area contributed by atoms with Crippen molar-refractivity contribution in [1.82, 2.24) is 14.9 Å². The molecule has 2 N–H and O–H groups in total. The molecule has 0 saturated heterocycles. The van der Waals surface area contributed by atoms with Crippen LogP contribution in [0.3, 0.4) is 0 Å². The van der Waals surface area contributed by atoms with Gasteiger partial charge in [0.1, 0.15) is 5.82 Å². The van der Waals surface area contributed by atoms with E-state index in [4.69, 9.17) is 0 Å². The van der Waals surface area contributed by atoms with Gasteiger partial charge in [0.2, 0.25) is 0 Å². The summed E-state index contributed by atoms with van der Waals surface area (Å²) in [6.07, 6.45) is 4.62. The Morgan fingerprint density at radius 2 is 2.29 bits per heavy atom. The molecule has 0 fully saturated rings. The molecular formula is C10H19N3O. The monoisotopic (exact) mass is 197 g/mol. The molecule has 1 aromatic rings. The second-order valence-electron chi connectivity index (χ2n) is 4.19. The highest BCUT2D eigenvalue weighted by atomic mass is 16.3. The molecule has 0 radical (unpaired) electrons. The van der Waals surface area contributed by atoms with Crippen LogP contribution in [0.5, 0.6) is 0 Å². The number of aromatic nitrogens is 2. The molecule has 1 heterocycles. The Kier molecular flexibility index (Phi) is 3.66. The maximum absolute atomic E-state index is 9.45. The first-order valence-electron chi connectivity index (χ1n) is 4.88. The van der Waals surface area contributed by atoms with Gasteiger partial charge in [-0.25, -0.2) is 4.98 Å². The molecule has 0 aromatic carbocycles. The van der Waals surface area contributed by atoms with Crippen LogP contribution in [-0.4, -0.2) is 33.3 Å². The van der Waals surface area contributed by atoms with Crippen molar-refractivity contribution < 1.29 is 5.11 Å². The molecule has 0 amide bonds.